The van der Waals surface area contributed by atoms with Crippen LogP contribution in [0.1, 0.15) is 17.0 Å². The van der Waals surface area contributed by atoms with E-state index in [0.29, 0.717) is 34.1 Å². The van der Waals surface area contributed by atoms with E-state index in [0.717, 1.165) is 0 Å². The normalized spacial score (nSPS) is 11.6. The maximum atomic E-state index is 12.4. The van der Waals surface area contributed by atoms with E-state index < -0.39 is 10.0 Å². The van der Waals surface area contributed by atoms with Crippen LogP contribution in [-0.2, 0) is 21.4 Å². The zero-order valence-corrected chi connectivity index (χ0v) is 19.5. The summed E-state index contributed by atoms with van der Waals surface area (Å²) in [5.41, 5.74) is 2.18. The van der Waals surface area contributed by atoms with Crippen LogP contribution >= 0.6 is 0 Å². The van der Waals surface area contributed by atoms with Gasteiger partial charge in [0.2, 0.25) is 15.9 Å². The first-order valence-corrected chi connectivity index (χ1v) is 12.1. The van der Waals surface area contributed by atoms with Crippen molar-refractivity contribution < 1.29 is 17.6 Å². The molecule has 1 amide bonds. The predicted octanol–water partition coefficient (Wildman–Crippen LogP) is 3.47. The number of furan rings is 1. The molecule has 4 rings (SSSR count). The van der Waals surface area contributed by atoms with E-state index in [4.69, 9.17) is 4.42 Å². The number of hydrogen-bond acceptors (Lipinski definition) is 6. The number of benzene rings is 2. The number of sulfonamides is 1. The van der Waals surface area contributed by atoms with E-state index in [2.05, 4.69) is 20.0 Å². The molecular formula is C25H22N4O5S. The number of carbonyl (C=O) groups is 1. The maximum absolute atomic E-state index is 12.4. The molecule has 0 unspecified atom stereocenters. The van der Waals surface area contributed by atoms with E-state index in [1.165, 1.54) is 30.5 Å². The zero-order valence-electron chi connectivity index (χ0n) is 18.7. The lowest BCUT2D eigenvalue weighted by molar-refractivity contribution is -0.111. The fourth-order valence-electron chi connectivity index (χ4n) is 3.24. The summed E-state index contributed by atoms with van der Waals surface area (Å²) in [6.07, 6.45) is 4.39. The minimum atomic E-state index is -3.70. The molecule has 10 heteroatoms. The van der Waals surface area contributed by atoms with Crippen LogP contribution in [0.2, 0.25) is 0 Å². The quantitative estimate of drug-likeness (QED) is 0.324. The van der Waals surface area contributed by atoms with Gasteiger partial charge in [0.25, 0.3) is 5.56 Å². The molecule has 0 saturated heterocycles. The molecule has 0 radical (unpaired) electrons. The Bertz CT molecular complexity index is 1520. The average Bonchev–Trinajstić information content (AvgIpc) is 3.35. The highest BCUT2D eigenvalue weighted by Gasteiger charge is 2.14. The smallest absolute Gasteiger partial charge is 0.251 e. The van der Waals surface area contributed by atoms with Crippen molar-refractivity contribution in [3.8, 4) is 11.4 Å². The molecular weight excluding hydrogens is 468 g/mol. The molecule has 2 aromatic heterocycles. The third-order valence-corrected chi connectivity index (χ3v) is 6.32. The molecule has 0 aliphatic rings. The average molecular weight is 491 g/mol. The van der Waals surface area contributed by atoms with Gasteiger partial charge in [-0.25, -0.2) is 18.1 Å². The largest absolute Gasteiger partial charge is 0.468 e. The van der Waals surface area contributed by atoms with Crippen LogP contribution in [0.3, 0.4) is 0 Å². The van der Waals surface area contributed by atoms with Gasteiger partial charge in [-0.3, -0.25) is 9.59 Å². The monoisotopic (exact) mass is 490 g/mol. The Balaban J connectivity index is 1.39. The van der Waals surface area contributed by atoms with Gasteiger partial charge in [0.05, 0.1) is 17.7 Å². The number of aromatic nitrogens is 2. The summed E-state index contributed by atoms with van der Waals surface area (Å²) in [6.45, 7) is 1.78. The fraction of sp³-hybridized carbons (Fsp3) is 0.0800. The molecule has 0 saturated carbocycles. The van der Waals surface area contributed by atoms with Gasteiger partial charge >= 0.3 is 0 Å². The lowest BCUT2D eigenvalue weighted by atomic mass is 10.1. The number of carbonyl (C=O) groups excluding carboxylic acids is 1. The third-order valence-electron chi connectivity index (χ3n) is 4.91. The number of aryl methyl sites for hydroxylation is 1. The number of H-pyrrole nitrogens is 1. The highest BCUT2D eigenvalue weighted by Crippen LogP contribution is 2.19. The number of aromatic amines is 1. The van der Waals surface area contributed by atoms with E-state index in [-0.39, 0.29) is 22.9 Å². The molecule has 0 atom stereocenters. The van der Waals surface area contributed by atoms with Crippen molar-refractivity contribution in [3.63, 3.8) is 0 Å². The molecule has 0 bridgehead atoms. The summed E-state index contributed by atoms with van der Waals surface area (Å²) in [4.78, 5) is 31.2. The Hall–Kier alpha value is -4.28. The van der Waals surface area contributed by atoms with Gasteiger partial charge in [0.1, 0.15) is 11.6 Å². The zero-order chi connectivity index (χ0) is 24.8. The first kappa shape index (κ1) is 23.9. The molecule has 178 valence electrons. The first-order valence-electron chi connectivity index (χ1n) is 10.6. The van der Waals surface area contributed by atoms with E-state index >= 15 is 0 Å². The molecule has 4 aromatic rings. The lowest BCUT2D eigenvalue weighted by Gasteiger charge is -2.06. The summed E-state index contributed by atoms with van der Waals surface area (Å²) >= 11 is 0. The van der Waals surface area contributed by atoms with Crippen LogP contribution in [0.5, 0.6) is 0 Å². The molecule has 35 heavy (non-hydrogen) atoms. The summed E-state index contributed by atoms with van der Waals surface area (Å²) in [6, 6.07) is 17.8. The van der Waals surface area contributed by atoms with Crippen LogP contribution in [0, 0.1) is 6.92 Å². The van der Waals surface area contributed by atoms with Crippen LogP contribution in [0.15, 0.2) is 93.2 Å². The molecule has 0 fully saturated rings. The summed E-state index contributed by atoms with van der Waals surface area (Å²) in [7, 11) is -3.70. The number of rotatable bonds is 8. The minimum absolute atomic E-state index is 0.0500. The van der Waals surface area contributed by atoms with Crippen molar-refractivity contribution in [2.24, 2.45) is 0 Å². The summed E-state index contributed by atoms with van der Waals surface area (Å²) in [5.74, 6) is 0.549. The van der Waals surface area contributed by atoms with Crippen molar-refractivity contribution in [3.05, 3.63) is 106 Å². The highest BCUT2D eigenvalue weighted by atomic mass is 32.2. The third kappa shape index (κ3) is 6.40. The van der Waals surface area contributed by atoms with E-state index in [1.54, 1.807) is 61.5 Å². The Morgan fingerprint density at radius 1 is 1.09 bits per heavy atom. The topological polar surface area (TPSA) is 134 Å². The number of nitrogens with zero attached hydrogens (tertiary/aromatic N) is 1. The number of nitrogens with one attached hydrogen (secondary N) is 3. The molecule has 0 aliphatic heterocycles. The minimum Gasteiger partial charge on any atom is -0.468 e. The molecule has 9 nitrogen and oxygen atoms in total. The van der Waals surface area contributed by atoms with Gasteiger partial charge < -0.3 is 14.7 Å². The second kappa shape index (κ2) is 10.3. The number of amides is 1. The second-order valence-corrected chi connectivity index (χ2v) is 9.38. The Labute approximate surface area is 201 Å². The van der Waals surface area contributed by atoms with Gasteiger partial charge in [-0.05, 0) is 55.0 Å². The predicted molar refractivity (Wildman–Crippen MR) is 132 cm³/mol. The van der Waals surface area contributed by atoms with Gasteiger partial charge in [-0.15, -0.1) is 0 Å². The van der Waals surface area contributed by atoms with Gasteiger partial charge in [-0.2, -0.15) is 0 Å². The SMILES string of the molecule is Cc1cc(=O)[nH]c(-c2cccc(NC(=O)/C=C/c3ccc(S(=O)(=O)NCc4ccco4)cc3)c2)n1. The maximum Gasteiger partial charge on any atom is 0.251 e. The van der Waals surface area contributed by atoms with Gasteiger partial charge in [0.15, 0.2) is 0 Å². The van der Waals surface area contributed by atoms with Crippen LogP contribution in [0.25, 0.3) is 17.5 Å². The van der Waals surface area contributed by atoms with Crippen LogP contribution < -0.4 is 15.6 Å². The molecule has 0 spiro atoms. The second-order valence-electron chi connectivity index (χ2n) is 7.61. The van der Waals surface area contributed by atoms with Gasteiger partial charge in [-0.1, -0.05) is 24.3 Å². The number of hydrogen-bond donors (Lipinski definition) is 3. The summed E-state index contributed by atoms with van der Waals surface area (Å²) < 4.78 is 32.4. The first-order chi connectivity index (χ1) is 16.8. The van der Waals surface area contributed by atoms with Crippen molar-refractivity contribution in [2.45, 2.75) is 18.4 Å². The fourth-order valence-corrected chi connectivity index (χ4v) is 4.23. The Morgan fingerprint density at radius 3 is 2.60 bits per heavy atom. The van der Waals surface area contributed by atoms with E-state index in [1.807, 2.05) is 0 Å². The Kier molecular flexibility index (Phi) is 7.04. The van der Waals surface area contributed by atoms with Crippen molar-refractivity contribution in [1.82, 2.24) is 14.7 Å². The van der Waals surface area contributed by atoms with Gasteiger partial charge in [0, 0.05) is 29.1 Å². The Morgan fingerprint density at radius 2 is 1.89 bits per heavy atom. The molecule has 2 heterocycles. The molecule has 3 N–H and O–H groups in total. The molecule has 0 aliphatic carbocycles. The standard InChI is InChI=1S/C25H22N4O5S/c1-17-14-24(31)29-25(27-17)19-4-2-5-20(15-19)28-23(30)12-9-18-7-10-22(11-8-18)35(32,33)26-16-21-6-3-13-34-21/h2-15,26H,16H2,1H3,(H,28,30)(H,27,29,31)/b12-9+. The molecule has 2 aromatic carbocycles. The van der Waals surface area contributed by atoms with Crippen LogP contribution in [-0.4, -0.2) is 24.3 Å². The number of anilines is 1. The lowest BCUT2D eigenvalue weighted by Crippen LogP contribution is -2.22. The highest BCUT2D eigenvalue weighted by molar-refractivity contribution is 7.89. The van der Waals surface area contributed by atoms with Crippen molar-refractivity contribution >= 4 is 27.7 Å². The van der Waals surface area contributed by atoms with Crippen LogP contribution in [0.4, 0.5) is 5.69 Å². The van der Waals surface area contributed by atoms with Crippen molar-refractivity contribution in [2.75, 3.05) is 5.32 Å². The van der Waals surface area contributed by atoms with E-state index in [9.17, 15) is 18.0 Å². The summed E-state index contributed by atoms with van der Waals surface area (Å²) in [5, 5.41) is 2.76. The van der Waals surface area contributed by atoms with Crippen molar-refractivity contribution in [1.29, 1.82) is 0 Å².